The standard InChI is InChI=1S/C16H22N4O/c1-19-6-7-20(10-11-4-2-3-5-14(11)19)16(21)18-15-12-8-17-9-13(12)15/h2-5,12-13,15,17H,6-10H2,1H3,(H,18,21)/t12-,13+,15?. The second kappa shape index (κ2) is 4.91. The van der Waals surface area contributed by atoms with Gasteiger partial charge in [0.15, 0.2) is 0 Å². The summed E-state index contributed by atoms with van der Waals surface area (Å²) in [5, 5.41) is 6.59. The topological polar surface area (TPSA) is 47.6 Å². The molecule has 5 heteroatoms. The highest BCUT2D eigenvalue weighted by atomic mass is 16.2. The minimum Gasteiger partial charge on any atom is -0.373 e. The van der Waals surface area contributed by atoms with Crippen LogP contribution >= 0.6 is 0 Å². The molecular weight excluding hydrogens is 264 g/mol. The zero-order valence-electron chi connectivity index (χ0n) is 12.4. The molecule has 3 aliphatic rings. The van der Waals surface area contributed by atoms with Crippen molar-refractivity contribution in [2.24, 2.45) is 11.8 Å². The molecular formula is C16H22N4O. The lowest BCUT2D eigenvalue weighted by Crippen LogP contribution is -2.44. The van der Waals surface area contributed by atoms with E-state index in [1.807, 2.05) is 11.0 Å². The third-order valence-corrected chi connectivity index (χ3v) is 5.14. The predicted molar refractivity (Wildman–Crippen MR) is 82.3 cm³/mol. The molecule has 21 heavy (non-hydrogen) atoms. The molecule has 1 aromatic carbocycles. The van der Waals surface area contributed by atoms with Crippen LogP contribution in [0.5, 0.6) is 0 Å². The maximum Gasteiger partial charge on any atom is 0.317 e. The van der Waals surface area contributed by atoms with Gasteiger partial charge in [-0.05, 0) is 23.5 Å². The van der Waals surface area contributed by atoms with E-state index in [9.17, 15) is 4.79 Å². The molecule has 1 unspecified atom stereocenters. The summed E-state index contributed by atoms with van der Waals surface area (Å²) in [6, 6.07) is 8.85. The number of anilines is 1. The van der Waals surface area contributed by atoms with Gasteiger partial charge in [-0.25, -0.2) is 4.79 Å². The number of nitrogens with one attached hydrogen (secondary N) is 2. The first kappa shape index (κ1) is 13.0. The van der Waals surface area contributed by atoms with Gasteiger partial charge in [0, 0.05) is 51.5 Å². The van der Waals surface area contributed by atoms with Gasteiger partial charge in [-0.2, -0.15) is 0 Å². The minimum absolute atomic E-state index is 0.0968. The zero-order valence-corrected chi connectivity index (χ0v) is 12.4. The van der Waals surface area contributed by atoms with Gasteiger partial charge in [0.25, 0.3) is 0 Å². The Labute approximate surface area is 125 Å². The quantitative estimate of drug-likeness (QED) is 0.805. The molecule has 4 rings (SSSR count). The summed E-state index contributed by atoms with van der Waals surface area (Å²) in [5.41, 5.74) is 2.46. The maximum absolute atomic E-state index is 12.5. The lowest BCUT2D eigenvalue weighted by atomic mass is 10.1. The molecule has 1 saturated carbocycles. The fraction of sp³-hybridized carbons (Fsp3) is 0.562. The fourth-order valence-electron chi connectivity index (χ4n) is 3.73. The van der Waals surface area contributed by atoms with Crippen LogP contribution in [0.3, 0.4) is 0 Å². The number of hydrogen-bond acceptors (Lipinski definition) is 3. The summed E-state index contributed by atoms with van der Waals surface area (Å²) in [7, 11) is 2.09. The van der Waals surface area contributed by atoms with Gasteiger partial charge in [0.2, 0.25) is 0 Å². The highest BCUT2D eigenvalue weighted by Gasteiger charge is 2.53. The Morgan fingerprint density at radius 3 is 2.81 bits per heavy atom. The summed E-state index contributed by atoms with van der Waals surface area (Å²) in [4.78, 5) is 16.7. The Bertz CT molecular complexity index is 551. The monoisotopic (exact) mass is 286 g/mol. The Hall–Kier alpha value is -1.75. The molecule has 5 nitrogen and oxygen atoms in total. The first-order valence-electron chi connectivity index (χ1n) is 7.79. The molecule has 2 N–H and O–H groups in total. The number of nitrogens with zero attached hydrogens (tertiary/aromatic N) is 2. The number of para-hydroxylation sites is 1. The van der Waals surface area contributed by atoms with E-state index in [0.29, 0.717) is 24.4 Å². The van der Waals surface area contributed by atoms with Crippen molar-refractivity contribution in [1.29, 1.82) is 0 Å². The number of fused-ring (bicyclic) bond motifs is 2. The smallest absolute Gasteiger partial charge is 0.317 e. The zero-order chi connectivity index (χ0) is 14.4. The second-order valence-electron chi connectivity index (χ2n) is 6.43. The number of urea groups is 1. The molecule has 112 valence electrons. The lowest BCUT2D eigenvalue weighted by molar-refractivity contribution is 0.196. The van der Waals surface area contributed by atoms with Gasteiger partial charge in [-0.3, -0.25) is 0 Å². The molecule has 0 spiro atoms. The highest BCUT2D eigenvalue weighted by Crippen LogP contribution is 2.41. The van der Waals surface area contributed by atoms with Gasteiger partial charge in [-0.15, -0.1) is 0 Å². The number of benzene rings is 1. The predicted octanol–water partition coefficient (Wildman–Crippen LogP) is 0.866. The van der Waals surface area contributed by atoms with Gasteiger partial charge in [-0.1, -0.05) is 18.2 Å². The maximum atomic E-state index is 12.5. The van der Waals surface area contributed by atoms with Crippen LogP contribution in [0, 0.1) is 11.8 Å². The van der Waals surface area contributed by atoms with Gasteiger partial charge < -0.3 is 20.4 Å². The normalized spacial score (nSPS) is 30.4. The average molecular weight is 286 g/mol. The van der Waals surface area contributed by atoms with Crippen molar-refractivity contribution in [1.82, 2.24) is 15.5 Å². The molecule has 2 amide bonds. The lowest BCUT2D eigenvalue weighted by Gasteiger charge is -2.22. The van der Waals surface area contributed by atoms with E-state index in [1.54, 1.807) is 0 Å². The van der Waals surface area contributed by atoms with Crippen LogP contribution < -0.4 is 15.5 Å². The molecule has 1 saturated heterocycles. The first-order valence-corrected chi connectivity index (χ1v) is 7.79. The summed E-state index contributed by atoms with van der Waals surface area (Å²) in [6.45, 7) is 4.47. The Kier molecular flexibility index (Phi) is 3.03. The van der Waals surface area contributed by atoms with Gasteiger partial charge in [0.05, 0.1) is 0 Å². The number of carbonyl (C=O) groups excluding carboxylic acids is 1. The second-order valence-corrected chi connectivity index (χ2v) is 6.43. The van der Waals surface area contributed by atoms with Crippen molar-refractivity contribution in [2.45, 2.75) is 12.6 Å². The van der Waals surface area contributed by atoms with E-state index in [-0.39, 0.29) is 6.03 Å². The van der Waals surface area contributed by atoms with E-state index in [4.69, 9.17) is 0 Å². The van der Waals surface area contributed by atoms with Crippen LogP contribution in [0.15, 0.2) is 24.3 Å². The number of likely N-dealkylation sites (N-methyl/N-ethyl adjacent to an activating group) is 1. The highest BCUT2D eigenvalue weighted by molar-refractivity contribution is 5.76. The van der Waals surface area contributed by atoms with E-state index in [0.717, 1.165) is 26.2 Å². The van der Waals surface area contributed by atoms with Crippen molar-refractivity contribution < 1.29 is 4.79 Å². The Morgan fingerprint density at radius 2 is 2.00 bits per heavy atom. The van der Waals surface area contributed by atoms with Crippen molar-refractivity contribution in [3.63, 3.8) is 0 Å². The summed E-state index contributed by atoms with van der Waals surface area (Å²) < 4.78 is 0. The minimum atomic E-state index is 0.0968. The van der Waals surface area contributed by atoms with Crippen LogP contribution in [0.1, 0.15) is 5.56 Å². The number of rotatable bonds is 1. The number of amides is 2. The van der Waals surface area contributed by atoms with Crippen molar-refractivity contribution in [2.75, 3.05) is 38.1 Å². The SMILES string of the molecule is CN1CCN(C(=O)NC2[C@H]3CNC[C@@H]23)Cc2ccccc21. The third-order valence-electron chi connectivity index (χ3n) is 5.14. The van der Waals surface area contributed by atoms with Gasteiger partial charge >= 0.3 is 6.03 Å². The number of piperidine rings is 1. The summed E-state index contributed by atoms with van der Waals surface area (Å²) >= 11 is 0. The van der Waals surface area contributed by atoms with E-state index in [1.165, 1.54) is 11.3 Å². The van der Waals surface area contributed by atoms with Gasteiger partial charge in [0.1, 0.15) is 0 Å². The number of carbonyl (C=O) groups is 1. The molecule has 2 fully saturated rings. The van der Waals surface area contributed by atoms with Crippen molar-refractivity contribution in [3.8, 4) is 0 Å². The average Bonchev–Trinajstić information content (AvgIpc) is 2.95. The van der Waals surface area contributed by atoms with Crippen molar-refractivity contribution in [3.05, 3.63) is 29.8 Å². The van der Waals surface area contributed by atoms with E-state index >= 15 is 0 Å². The van der Waals surface area contributed by atoms with Crippen LogP contribution in [-0.2, 0) is 6.54 Å². The van der Waals surface area contributed by atoms with Crippen LogP contribution in [0.25, 0.3) is 0 Å². The summed E-state index contributed by atoms with van der Waals surface area (Å²) in [5.74, 6) is 1.33. The Balaban J connectivity index is 1.45. The largest absolute Gasteiger partial charge is 0.373 e. The molecule has 2 heterocycles. The molecule has 1 aliphatic carbocycles. The van der Waals surface area contributed by atoms with Crippen LogP contribution in [0.2, 0.25) is 0 Å². The van der Waals surface area contributed by atoms with E-state index < -0.39 is 0 Å². The molecule has 0 aromatic heterocycles. The van der Waals surface area contributed by atoms with E-state index in [2.05, 4.69) is 40.8 Å². The molecule has 2 aliphatic heterocycles. The number of hydrogen-bond donors (Lipinski definition) is 2. The van der Waals surface area contributed by atoms with Crippen LogP contribution in [0.4, 0.5) is 10.5 Å². The Morgan fingerprint density at radius 1 is 1.24 bits per heavy atom. The molecule has 3 atom stereocenters. The van der Waals surface area contributed by atoms with Crippen molar-refractivity contribution >= 4 is 11.7 Å². The summed E-state index contributed by atoms with van der Waals surface area (Å²) in [6.07, 6.45) is 0. The first-order chi connectivity index (χ1) is 10.2. The fourth-order valence-corrected chi connectivity index (χ4v) is 3.73. The molecule has 0 radical (unpaired) electrons. The molecule has 1 aromatic rings. The van der Waals surface area contributed by atoms with Crippen LogP contribution in [-0.4, -0.2) is 50.2 Å². The third kappa shape index (κ3) is 2.25. The molecule has 0 bridgehead atoms.